The van der Waals surface area contributed by atoms with Crippen LogP contribution in [0.1, 0.15) is 10.4 Å². The number of para-hydroxylation sites is 1. The Morgan fingerprint density at radius 3 is 2.67 bits per heavy atom. The second-order valence-electron chi connectivity index (χ2n) is 4.37. The van der Waals surface area contributed by atoms with Crippen molar-refractivity contribution in [2.24, 2.45) is 0 Å². The van der Waals surface area contributed by atoms with Crippen LogP contribution in [0.15, 0.2) is 42.7 Å². The Labute approximate surface area is 104 Å². The van der Waals surface area contributed by atoms with Gasteiger partial charge in [0.25, 0.3) is 5.91 Å². The van der Waals surface area contributed by atoms with E-state index in [1.165, 1.54) is 0 Å². The number of likely N-dealkylation sites (tertiary alicyclic amines) is 1. The maximum absolute atomic E-state index is 12.0. The highest BCUT2D eigenvalue weighted by Crippen LogP contribution is 2.14. The topological polar surface area (TPSA) is 58.4 Å². The molecule has 0 atom stereocenters. The van der Waals surface area contributed by atoms with Crippen LogP contribution in [0, 0.1) is 0 Å². The Kier molecular flexibility index (Phi) is 2.60. The van der Waals surface area contributed by atoms with Gasteiger partial charge in [0, 0.05) is 19.3 Å². The lowest BCUT2D eigenvalue weighted by Crippen LogP contribution is -2.53. The predicted octanol–water partition coefficient (Wildman–Crippen LogP) is 0.689. The van der Waals surface area contributed by atoms with E-state index in [-0.39, 0.29) is 12.0 Å². The van der Waals surface area contributed by atoms with Crippen LogP contribution >= 0.6 is 0 Å². The van der Waals surface area contributed by atoms with Crippen molar-refractivity contribution in [3.05, 3.63) is 48.3 Å². The molecule has 18 heavy (non-hydrogen) atoms. The molecule has 1 aliphatic heterocycles. The summed E-state index contributed by atoms with van der Waals surface area (Å²) in [4.78, 5) is 13.6. The van der Waals surface area contributed by atoms with Crippen LogP contribution in [0.2, 0.25) is 0 Å². The van der Waals surface area contributed by atoms with Gasteiger partial charge in [-0.15, -0.1) is 0 Å². The summed E-state index contributed by atoms with van der Waals surface area (Å²) in [6, 6.07) is 9.62. The molecule has 3 rings (SSSR count). The number of hydrogen-bond acceptors (Lipinski definition) is 3. The predicted molar refractivity (Wildman–Crippen MR) is 65.5 cm³/mol. The molecule has 0 radical (unpaired) electrons. The Morgan fingerprint density at radius 2 is 2.00 bits per heavy atom. The van der Waals surface area contributed by atoms with Crippen LogP contribution in [0.3, 0.4) is 0 Å². The molecule has 0 unspecified atom stereocenters. The van der Waals surface area contributed by atoms with Crippen molar-refractivity contribution in [3.8, 4) is 5.69 Å². The van der Waals surface area contributed by atoms with E-state index in [4.69, 9.17) is 0 Å². The number of amides is 1. The zero-order valence-electron chi connectivity index (χ0n) is 9.73. The van der Waals surface area contributed by atoms with Gasteiger partial charge in [-0.1, -0.05) is 18.2 Å². The molecule has 1 fully saturated rings. The van der Waals surface area contributed by atoms with E-state index >= 15 is 0 Å². The summed E-state index contributed by atoms with van der Waals surface area (Å²) < 4.78 is 1.67. The minimum atomic E-state index is -0.377. The van der Waals surface area contributed by atoms with Crippen molar-refractivity contribution >= 4 is 5.91 Å². The quantitative estimate of drug-likeness (QED) is 0.844. The second kappa shape index (κ2) is 4.27. The van der Waals surface area contributed by atoms with Crippen LogP contribution in [0.25, 0.3) is 5.69 Å². The number of carbonyl (C=O) groups is 1. The Hall–Kier alpha value is -2.14. The lowest BCUT2D eigenvalue weighted by molar-refractivity contribution is 0.00589. The summed E-state index contributed by atoms with van der Waals surface area (Å²) in [7, 11) is 0. The van der Waals surface area contributed by atoms with E-state index < -0.39 is 0 Å². The van der Waals surface area contributed by atoms with Crippen LogP contribution in [0.5, 0.6) is 0 Å². The molecular formula is C13H13N3O2. The van der Waals surface area contributed by atoms with Gasteiger partial charge in [0.2, 0.25) is 0 Å². The highest BCUT2D eigenvalue weighted by Gasteiger charge is 2.30. The molecule has 1 saturated heterocycles. The smallest absolute Gasteiger partial charge is 0.257 e. The molecule has 0 aliphatic carbocycles. The normalized spacial score (nSPS) is 15.5. The molecule has 0 spiro atoms. The van der Waals surface area contributed by atoms with Gasteiger partial charge in [0.1, 0.15) is 0 Å². The average molecular weight is 243 g/mol. The van der Waals surface area contributed by atoms with Crippen LogP contribution < -0.4 is 0 Å². The monoisotopic (exact) mass is 243 g/mol. The number of carbonyl (C=O) groups excluding carboxylic acids is 1. The summed E-state index contributed by atoms with van der Waals surface area (Å²) in [5.74, 6) is -0.0810. The van der Waals surface area contributed by atoms with E-state index in [0.717, 1.165) is 5.69 Å². The number of aliphatic hydroxyl groups excluding tert-OH is 1. The summed E-state index contributed by atoms with van der Waals surface area (Å²) in [5.41, 5.74) is 1.46. The molecule has 1 amide bonds. The van der Waals surface area contributed by atoms with Crippen LogP contribution in [0.4, 0.5) is 0 Å². The maximum atomic E-state index is 12.0. The van der Waals surface area contributed by atoms with Crippen molar-refractivity contribution in [1.82, 2.24) is 14.7 Å². The third-order valence-electron chi connectivity index (χ3n) is 3.00. The van der Waals surface area contributed by atoms with Crippen LogP contribution in [-0.4, -0.2) is 44.9 Å². The Bertz CT molecular complexity index is 559. The minimum absolute atomic E-state index is 0.0810. The molecule has 5 nitrogen and oxygen atoms in total. The number of aromatic nitrogens is 2. The Morgan fingerprint density at radius 1 is 1.28 bits per heavy atom. The lowest BCUT2D eigenvalue weighted by atomic mass is 10.1. The van der Waals surface area contributed by atoms with E-state index in [2.05, 4.69) is 5.10 Å². The van der Waals surface area contributed by atoms with Gasteiger partial charge in [0.15, 0.2) is 0 Å². The first kappa shape index (κ1) is 11.0. The molecule has 1 aliphatic rings. The minimum Gasteiger partial charge on any atom is -0.389 e. The number of benzene rings is 1. The fourth-order valence-electron chi connectivity index (χ4n) is 1.96. The second-order valence-corrected chi connectivity index (χ2v) is 4.37. The standard InChI is InChI=1S/C13H13N3O2/c17-12-8-15(9-12)13(18)10-6-14-16(7-10)11-4-2-1-3-5-11/h1-7,12,17H,8-9H2. The lowest BCUT2D eigenvalue weighted by Gasteiger charge is -2.35. The fraction of sp³-hybridized carbons (Fsp3) is 0.231. The fourth-order valence-corrected chi connectivity index (χ4v) is 1.96. The number of hydrogen-bond donors (Lipinski definition) is 1. The van der Waals surface area contributed by atoms with Gasteiger partial charge in [-0.3, -0.25) is 4.79 Å². The molecule has 2 aromatic rings. The molecule has 0 bridgehead atoms. The molecule has 2 heterocycles. The van der Waals surface area contributed by atoms with Gasteiger partial charge in [0.05, 0.1) is 23.6 Å². The van der Waals surface area contributed by atoms with Gasteiger partial charge in [-0.2, -0.15) is 5.10 Å². The number of β-amino-alcohol motifs (C(OH)–C–C–N with tert-alkyl or cyclic N) is 1. The summed E-state index contributed by atoms with van der Waals surface area (Å²) in [6.07, 6.45) is 2.89. The summed E-state index contributed by atoms with van der Waals surface area (Å²) in [6.45, 7) is 0.824. The van der Waals surface area contributed by atoms with E-state index in [9.17, 15) is 9.90 Å². The number of nitrogens with zero attached hydrogens (tertiary/aromatic N) is 3. The Balaban J connectivity index is 1.80. The molecule has 1 aromatic carbocycles. The molecular weight excluding hydrogens is 230 g/mol. The van der Waals surface area contributed by atoms with Crippen molar-refractivity contribution in [2.45, 2.75) is 6.10 Å². The zero-order chi connectivity index (χ0) is 12.5. The number of rotatable bonds is 2. The third-order valence-corrected chi connectivity index (χ3v) is 3.00. The molecule has 1 aromatic heterocycles. The molecule has 92 valence electrons. The molecule has 0 saturated carbocycles. The highest BCUT2D eigenvalue weighted by molar-refractivity contribution is 5.94. The van der Waals surface area contributed by atoms with E-state index in [0.29, 0.717) is 18.7 Å². The first-order valence-corrected chi connectivity index (χ1v) is 5.81. The maximum Gasteiger partial charge on any atom is 0.257 e. The van der Waals surface area contributed by atoms with Crippen molar-refractivity contribution < 1.29 is 9.90 Å². The van der Waals surface area contributed by atoms with E-state index in [1.54, 1.807) is 22.0 Å². The highest BCUT2D eigenvalue weighted by atomic mass is 16.3. The molecule has 5 heteroatoms. The van der Waals surface area contributed by atoms with Crippen molar-refractivity contribution in [1.29, 1.82) is 0 Å². The third kappa shape index (κ3) is 1.89. The molecule has 1 N–H and O–H groups in total. The van der Waals surface area contributed by atoms with E-state index in [1.807, 2.05) is 30.3 Å². The first-order chi connectivity index (χ1) is 8.74. The van der Waals surface area contributed by atoms with Gasteiger partial charge >= 0.3 is 0 Å². The van der Waals surface area contributed by atoms with Crippen molar-refractivity contribution in [2.75, 3.05) is 13.1 Å². The average Bonchev–Trinajstić information content (AvgIpc) is 2.85. The summed E-state index contributed by atoms with van der Waals surface area (Å²) >= 11 is 0. The first-order valence-electron chi connectivity index (χ1n) is 5.81. The van der Waals surface area contributed by atoms with Gasteiger partial charge in [-0.25, -0.2) is 4.68 Å². The summed E-state index contributed by atoms with van der Waals surface area (Å²) in [5, 5.41) is 13.4. The van der Waals surface area contributed by atoms with Crippen molar-refractivity contribution in [3.63, 3.8) is 0 Å². The SMILES string of the molecule is O=C(c1cnn(-c2ccccc2)c1)N1CC(O)C1. The van der Waals surface area contributed by atoms with Gasteiger partial charge < -0.3 is 10.0 Å². The number of aliphatic hydroxyl groups is 1. The van der Waals surface area contributed by atoms with Gasteiger partial charge in [-0.05, 0) is 12.1 Å². The zero-order valence-corrected chi connectivity index (χ0v) is 9.73. The largest absolute Gasteiger partial charge is 0.389 e. The van der Waals surface area contributed by atoms with Crippen LogP contribution in [-0.2, 0) is 0 Å².